The van der Waals surface area contributed by atoms with Gasteiger partial charge in [0.2, 0.25) is 10.0 Å². The molecule has 3 heterocycles. The van der Waals surface area contributed by atoms with Crippen molar-refractivity contribution in [1.82, 2.24) is 14.2 Å². The summed E-state index contributed by atoms with van der Waals surface area (Å²) in [5.41, 5.74) is -0.480. The standard InChI is InChI=1S/C15H21N3O5S/c1-24(20,21)18-7-8-22-12-15(11-18)10-17(6-9-23-15)14(19)13-4-2-3-5-16-13/h2-5H,6-12H2,1H3. The van der Waals surface area contributed by atoms with E-state index in [0.29, 0.717) is 25.5 Å². The number of amides is 1. The molecule has 1 aromatic heterocycles. The van der Waals surface area contributed by atoms with Crippen LogP contribution in [0.1, 0.15) is 10.5 Å². The molecule has 1 spiro atoms. The average molecular weight is 355 g/mol. The van der Waals surface area contributed by atoms with E-state index in [2.05, 4.69) is 4.98 Å². The molecule has 2 fully saturated rings. The Morgan fingerprint density at radius 1 is 1.25 bits per heavy atom. The summed E-state index contributed by atoms with van der Waals surface area (Å²) in [4.78, 5) is 18.4. The summed E-state index contributed by atoms with van der Waals surface area (Å²) in [7, 11) is -3.36. The van der Waals surface area contributed by atoms with Gasteiger partial charge in [-0.15, -0.1) is 0 Å². The first kappa shape index (κ1) is 17.3. The van der Waals surface area contributed by atoms with Crippen molar-refractivity contribution < 1.29 is 22.7 Å². The lowest BCUT2D eigenvalue weighted by Crippen LogP contribution is -2.60. The van der Waals surface area contributed by atoms with E-state index in [1.807, 2.05) is 0 Å². The highest BCUT2D eigenvalue weighted by molar-refractivity contribution is 7.88. The lowest BCUT2D eigenvalue weighted by Gasteiger charge is -2.42. The molecule has 0 saturated carbocycles. The molecule has 0 aliphatic carbocycles. The Hall–Kier alpha value is -1.55. The van der Waals surface area contributed by atoms with E-state index in [9.17, 15) is 13.2 Å². The minimum Gasteiger partial charge on any atom is -0.377 e. The fraction of sp³-hybridized carbons (Fsp3) is 0.600. The van der Waals surface area contributed by atoms with Gasteiger partial charge in [-0.3, -0.25) is 9.78 Å². The zero-order valence-corrected chi connectivity index (χ0v) is 14.4. The van der Waals surface area contributed by atoms with Crippen LogP contribution in [0.2, 0.25) is 0 Å². The van der Waals surface area contributed by atoms with Gasteiger partial charge in [-0.1, -0.05) is 6.07 Å². The molecule has 0 bridgehead atoms. The van der Waals surface area contributed by atoms with E-state index in [1.165, 1.54) is 10.6 Å². The van der Waals surface area contributed by atoms with Gasteiger partial charge in [0.25, 0.3) is 5.91 Å². The first-order valence-electron chi connectivity index (χ1n) is 7.77. The molecule has 132 valence electrons. The Labute approximate surface area is 141 Å². The van der Waals surface area contributed by atoms with E-state index < -0.39 is 15.6 Å². The maximum Gasteiger partial charge on any atom is 0.272 e. The molecule has 2 aliphatic heterocycles. The van der Waals surface area contributed by atoms with Crippen LogP contribution in [0.4, 0.5) is 0 Å². The minimum absolute atomic E-state index is 0.178. The molecular formula is C15H21N3O5S. The quantitative estimate of drug-likeness (QED) is 0.716. The lowest BCUT2D eigenvalue weighted by atomic mass is 10.0. The van der Waals surface area contributed by atoms with Crippen LogP contribution in [-0.4, -0.2) is 86.4 Å². The van der Waals surface area contributed by atoms with E-state index in [4.69, 9.17) is 9.47 Å². The molecule has 8 nitrogen and oxygen atoms in total. The molecule has 1 amide bonds. The largest absolute Gasteiger partial charge is 0.377 e. The van der Waals surface area contributed by atoms with E-state index in [-0.39, 0.29) is 32.1 Å². The van der Waals surface area contributed by atoms with Gasteiger partial charge in [0.05, 0.1) is 32.6 Å². The predicted molar refractivity (Wildman–Crippen MR) is 86.1 cm³/mol. The molecule has 9 heteroatoms. The van der Waals surface area contributed by atoms with Crippen LogP contribution >= 0.6 is 0 Å². The molecular weight excluding hydrogens is 334 g/mol. The number of ether oxygens (including phenoxy) is 2. The van der Waals surface area contributed by atoms with Crippen LogP contribution in [-0.2, 0) is 19.5 Å². The molecule has 3 rings (SSSR count). The Morgan fingerprint density at radius 3 is 2.79 bits per heavy atom. The number of nitrogens with zero attached hydrogens (tertiary/aromatic N) is 3. The highest BCUT2D eigenvalue weighted by Gasteiger charge is 2.43. The molecule has 2 aliphatic rings. The fourth-order valence-corrected chi connectivity index (χ4v) is 3.88. The Kier molecular flexibility index (Phi) is 4.86. The zero-order chi connectivity index (χ0) is 17.2. The second kappa shape index (κ2) is 6.75. The van der Waals surface area contributed by atoms with E-state index >= 15 is 0 Å². The number of sulfonamides is 1. The van der Waals surface area contributed by atoms with Crippen molar-refractivity contribution in [2.45, 2.75) is 5.60 Å². The van der Waals surface area contributed by atoms with Gasteiger partial charge in [-0.25, -0.2) is 8.42 Å². The summed E-state index contributed by atoms with van der Waals surface area (Å²) in [5, 5.41) is 0. The monoisotopic (exact) mass is 355 g/mol. The molecule has 1 atom stereocenters. The Bertz CT molecular complexity index is 696. The molecule has 0 N–H and O–H groups in total. The number of carbonyl (C=O) groups is 1. The van der Waals surface area contributed by atoms with Crippen LogP contribution in [0.15, 0.2) is 24.4 Å². The highest BCUT2D eigenvalue weighted by Crippen LogP contribution is 2.24. The number of rotatable bonds is 2. The first-order chi connectivity index (χ1) is 11.4. The van der Waals surface area contributed by atoms with Gasteiger partial charge < -0.3 is 14.4 Å². The van der Waals surface area contributed by atoms with Gasteiger partial charge in [0.15, 0.2) is 0 Å². The molecule has 24 heavy (non-hydrogen) atoms. The van der Waals surface area contributed by atoms with Crippen LogP contribution in [0.25, 0.3) is 0 Å². The maximum atomic E-state index is 12.6. The van der Waals surface area contributed by atoms with Crippen molar-refractivity contribution in [3.8, 4) is 0 Å². The maximum absolute atomic E-state index is 12.6. The summed E-state index contributed by atoms with van der Waals surface area (Å²) in [6.07, 6.45) is 2.75. The SMILES string of the molecule is CS(=O)(=O)N1CCOCC2(CN(C(=O)c3ccccn3)CCO2)C1. The molecule has 0 aromatic carbocycles. The summed E-state index contributed by atoms with van der Waals surface area (Å²) < 4.78 is 36.7. The van der Waals surface area contributed by atoms with Crippen molar-refractivity contribution in [3.05, 3.63) is 30.1 Å². The predicted octanol–water partition coefficient (Wildman–Crippen LogP) is -0.415. The van der Waals surface area contributed by atoms with Crippen LogP contribution in [0, 0.1) is 0 Å². The highest BCUT2D eigenvalue weighted by atomic mass is 32.2. The molecule has 1 unspecified atom stereocenters. The molecule has 1 aromatic rings. The minimum atomic E-state index is -3.36. The smallest absolute Gasteiger partial charge is 0.272 e. The first-order valence-corrected chi connectivity index (χ1v) is 9.62. The summed E-state index contributed by atoms with van der Waals surface area (Å²) in [5.74, 6) is -0.187. The summed E-state index contributed by atoms with van der Waals surface area (Å²) in [6.45, 7) is 2.08. The van der Waals surface area contributed by atoms with Gasteiger partial charge >= 0.3 is 0 Å². The second-order valence-corrected chi connectivity index (χ2v) is 8.10. The third-order valence-corrected chi connectivity index (χ3v) is 5.45. The van der Waals surface area contributed by atoms with Crippen LogP contribution in [0.3, 0.4) is 0 Å². The summed E-state index contributed by atoms with van der Waals surface area (Å²) >= 11 is 0. The lowest BCUT2D eigenvalue weighted by molar-refractivity contribution is -0.129. The Balaban J connectivity index is 1.79. The van der Waals surface area contributed by atoms with Crippen LogP contribution < -0.4 is 0 Å². The van der Waals surface area contributed by atoms with E-state index in [1.54, 1.807) is 29.3 Å². The average Bonchev–Trinajstić information content (AvgIpc) is 2.77. The third-order valence-electron chi connectivity index (χ3n) is 4.20. The molecule has 2 saturated heterocycles. The number of hydrogen-bond acceptors (Lipinski definition) is 6. The normalized spacial score (nSPS) is 26.3. The number of carbonyl (C=O) groups excluding carboxylic acids is 1. The topological polar surface area (TPSA) is 89.0 Å². The zero-order valence-electron chi connectivity index (χ0n) is 13.6. The third kappa shape index (κ3) is 3.75. The van der Waals surface area contributed by atoms with Gasteiger partial charge in [0.1, 0.15) is 11.3 Å². The van der Waals surface area contributed by atoms with Crippen molar-refractivity contribution in [3.63, 3.8) is 0 Å². The van der Waals surface area contributed by atoms with Gasteiger partial charge in [0, 0.05) is 25.8 Å². The number of morpholine rings is 1. The van der Waals surface area contributed by atoms with Crippen molar-refractivity contribution in [2.24, 2.45) is 0 Å². The van der Waals surface area contributed by atoms with Crippen molar-refractivity contribution >= 4 is 15.9 Å². The van der Waals surface area contributed by atoms with Gasteiger partial charge in [-0.2, -0.15) is 4.31 Å². The Morgan fingerprint density at radius 2 is 2.08 bits per heavy atom. The van der Waals surface area contributed by atoms with E-state index in [0.717, 1.165) is 0 Å². The van der Waals surface area contributed by atoms with Crippen LogP contribution in [0.5, 0.6) is 0 Å². The van der Waals surface area contributed by atoms with Gasteiger partial charge in [-0.05, 0) is 12.1 Å². The number of aromatic nitrogens is 1. The number of hydrogen-bond donors (Lipinski definition) is 0. The second-order valence-electron chi connectivity index (χ2n) is 6.12. The number of pyridine rings is 1. The fourth-order valence-electron chi connectivity index (χ4n) is 3.01. The van der Waals surface area contributed by atoms with Crippen molar-refractivity contribution in [2.75, 3.05) is 52.3 Å². The van der Waals surface area contributed by atoms with Crippen molar-refractivity contribution in [1.29, 1.82) is 0 Å². The molecule has 0 radical (unpaired) electrons. The summed E-state index contributed by atoms with van der Waals surface area (Å²) in [6, 6.07) is 5.17.